The SMILES string of the molecule is CN(C)/C=C\C(=O)c1cccc(OCCN2CCN(C(=O)OC(C)(C)C)CC2)c1. The Hall–Kier alpha value is -2.54. The molecule has 1 fully saturated rings. The number of nitrogens with zero attached hydrogens (tertiary/aromatic N) is 3. The lowest BCUT2D eigenvalue weighted by Crippen LogP contribution is -2.50. The van der Waals surface area contributed by atoms with Gasteiger partial charge in [-0.2, -0.15) is 0 Å². The molecule has 29 heavy (non-hydrogen) atoms. The fourth-order valence-electron chi connectivity index (χ4n) is 2.83. The average molecular weight is 404 g/mol. The first-order valence-electron chi connectivity index (χ1n) is 9.96. The summed E-state index contributed by atoms with van der Waals surface area (Å²) in [4.78, 5) is 30.1. The maximum absolute atomic E-state index is 12.2. The minimum Gasteiger partial charge on any atom is -0.492 e. The third-order valence-corrected chi connectivity index (χ3v) is 4.34. The van der Waals surface area contributed by atoms with Gasteiger partial charge in [0.05, 0.1) is 0 Å². The Balaban J connectivity index is 1.75. The highest BCUT2D eigenvalue weighted by Gasteiger charge is 2.25. The quantitative estimate of drug-likeness (QED) is 0.515. The number of hydrogen-bond acceptors (Lipinski definition) is 6. The third-order valence-electron chi connectivity index (χ3n) is 4.34. The number of allylic oxidation sites excluding steroid dienone is 1. The lowest BCUT2D eigenvalue weighted by Gasteiger charge is -2.35. The molecule has 0 aromatic heterocycles. The highest BCUT2D eigenvalue weighted by atomic mass is 16.6. The van der Waals surface area contributed by atoms with Crippen molar-refractivity contribution in [3.8, 4) is 5.75 Å². The van der Waals surface area contributed by atoms with E-state index in [0.29, 0.717) is 31.0 Å². The molecule has 1 aromatic rings. The molecule has 0 bridgehead atoms. The van der Waals surface area contributed by atoms with E-state index in [1.54, 1.807) is 29.3 Å². The van der Waals surface area contributed by atoms with Crippen molar-refractivity contribution in [1.82, 2.24) is 14.7 Å². The predicted octanol–water partition coefficient (Wildman–Crippen LogP) is 2.88. The van der Waals surface area contributed by atoms with Crippen molar-refractivity contribution in [1.29, 1.82) is 0 Å². The van der Waals surface area contributed by atoms with E-state index in [0.717, 1.165) is 19.6 Å². The van der Waals surface area contributed by atoms with Crippen LogP contribution in [-0.4, -0.2) is 85.6 Å². The number of amides is 1. The average Bonchev–Trinajstić information content (AvgIpc) is 2.65. The van der Waals surface area contributed by atoms with E-state index < -0.39 is 5.60 Å². The van der Waals surface area contributed by atoms with Gasteiger partial charge in [0, 0.05) is 64.7 Å². The highest BCUT2D eigenvalue weighted by Crippen LogP contribution is 2.15. The molecule has 0 N–H and O–H groups in total. The fourth-order valence-corrected chi connectivity index (χ4v) is 2.83. The lowest BCUT2D eigenvalue weighted by atomic mass is 10.1. The Bertz CT molecular complexity index is 717. The molecule has 1 aromatic carbocycles. The van der Waals surface area contributed by atoms with Crippen molar-refractivity contribution >= 4 is 11.9 Å². The van der Waals surface area contributed by atoms with Crippen molar-refractivity contribution in [3.05, 3.63) is 42.1 Å². The zero-order valence-corrected chi connectivity index (χ0v) is 18.2. The molecule has 0 atom stereocenters. The number of piperazine rings is 1. The van der Waals surface area contributed by atoms with E-state index in [2.05, 4.69) is 4.90 Å². The van der Waals surface area contributed by atoms with Crippen LogP contribution < -0.4 is 4.74 Å². The summed E-state index contributed by atoms with van der Waals surface area (Å²) in [6.07, 6.45) is 3.02. The summed E-state index contributed by atoms with van der Waals surface area (Å²) in [7, 11) is 3.74. The molecule has 0 unspecified atom stereocenters. The highest BCUT2D eigenvalue weighted by molar-refractivity contribution is 6.04. The number of hydrogen-bond donors (Lipinski definition) is 0. The van der Waals surface area contributed by atoms with Gasteiger partial charge >= 0.3 is 6.09 Å². The van der Waals surface area contributed by atoms with Crippen molar-refractivity contribution < 1.29 is 19.1 Å². The van der Waals surface area contributed by atoms with Crippen LogP contribution >= 0.6 is 0 Å². The van der Waals surface area contributed by atoms with E-state index in [1.807, 2.05) is 51.9 Å². The van der Waals surface area contributed by atoms with Gasteiger partial charge in [0.15, 0.2) is 5.78 Å². The summed E-state index contributed by atoms with van der Waals surface area (Å²) < 4.78 is 11.3. The molecular formula is C22H33N3O4. The zero-order valence-electron chi connectivity index (χ0n) is 18.2. The molecule has 1 amide bonds. The number of carbonyl (C=O) groups is 2. The molecule has 0 saturated carbocycles. The Morgan fingerprint density at radius 3 is 2.45 bits per heavy atom. The topological polar surface area (TPSA) is 62.3 Å². The first kappa shape index (κ1) is 22.7. The summed E-state index contributed by atoms with van der Waals surface area (Å²) >= 11 is 0. The predicted molar refractivity (Wildman–Crippen MR) is 113 cm³/mol. The molecule has 1 saturated heterocycles. The normalized spacial score (nSPS) is 15.4. The second-order valence-corrected chi connectivity index (χ2v) is 8.33. The summed E-state index contributed by atoms with van der Waals surface area (Å²) in [6.45, 7) is 9.79. The van der Waals surface area contributed by atoms with E-state index in [1.165, 1.54) is 0 Å². The Morgan fingerprint density at radius 1 is 1.14 bits per heavy atom. The summed E-state index contributed by atoms with van der Waals surface area (Å²) in [5.74, 6) is 0.629. The van der Waals surface area contributed by atoms with Gasteiger partial charge in [-0.3, -0.25) is 9.69 Å². The second kappa shape index (κ2) is 10.3. The van der Waals surface area contributed by atoms with E-state index >= 15 is 0 Å². The molecule has 0 spiro atoms. The second-order valence-electron chi connectivity index (χ2n) is 8.33. The number of rotatable bonds is 7. The minimum atomic E-state index is -0.472. The standard InChI is InChI=1S/C22H33N3O4/c1-22(2,3)29-21(27)25-13-11-24(12-14-25)15-16-28-19-8-6-7-18(17-19)20(26)9-10-23(4)5/h6-10,17H,11-16H2,1-5H3/b10-9-. The van der Waals surface area contributed by atoms with Crippen molar-refractivity contribution in [2.45, 2.75) is 26.4 Å². The van der Waals surface area contributed by atoms with Crippen LogP contribution in [0.1, 0.15) is 31.1 Å². The molecule has 0 radical (unpaired) electrons. The summed E-state index contributed by atoms with van der Waals surface area (Å²) in [6, 6.07) is 7.23. The van der Waals surface area contributed by atoms with Crippen LogP contribution in [0.4, 0.5) is 4.79 Å². The Kier molecular flexibility index (Phi) is 8.08. The van der Waals surface area contributed by atoms with Gasteiger partial charge in [0.2, 0.25) is 0 Å². The molecule has 7 nitrogen and oxygen atoms in total. The molecule has 160 valence electrons. The largest absolute Gasteiger partial charge is 0.492 e. The van der Waals surface area contributed by atoms with Crippen molar-refractivity contribution in [2.24, 2.45) is 0 Å². The number of ketones is 1. The number of benzene rings is 1. The van der Waals surface area contributed by atoms with Crippen LogP contribution in [0.15, 0.2) is 36.5 Å². The van der Waals surface area contributed by atoms with Crippen LogP contribution in [0.5, 0.6) is 5.75 Å². The van der Waals surface area contributed by atoms with Crippen molar-refractivity contribution in [2.75, 3.05) is 53.4 Å². The molecule has 0 aliphatic carbocycles. The van der Waals surface area contributed by atoms with Gasteiger partial charge in [-0.05, 0) is 32.9 Å². The smallest absolute Gasteiger partial charge is 0.410 e. The maximum Gasteiger partial charge on any atom is 0.410 e. The van der Waals surface area contributed by atoms with Crippen LogP contribution in [0.25, 0.3) is 0 Å². The molecule has 2 rings (SSSR count). The first-order valence-corrected chi connectivity index (χ1v) is 9.96. The molecule has 1 aliphatic heterocycles. The Morgan fingerprint density at radius 2 is 1.83 bits per heavy atom. The molecule has 1 heterocycles. The summed E-state index contributed by atoms with van der Waals surface area (Å²) in [5.41, 5.74) is 0.131. The third kappa shape index (κ3) is 8.15. The van der Waals surface area contributed by atoms with Crippen LogP contribution in [0.3, 0.4) is 0 Å². The lowest BCUT2D eigenvalue weighted by molar-refractivity contribution is 0.0137. The monoisotopic (exact) mass is 403 g/mol. The Labute approximate surface area is 173 Å². The van der Waals surface area contributed by atoms with Crippen LogP contribution in [-0.2, 0) is 4.74 Å². The van der Waals surface area contributed by atoms with Gasteiger partial charge in [0.1, 0.15) is 18.0 Å². The summed E-state index contributed by atoms with van der Waals surface area (Å²) in [5, 5.41) is 0. The van der Waals surface area contributed by atoms with Gasteiger partial charge < -0.3 is 19.3 Å². The van der Waals surface area contributed by atoms with Crippen LogP contribution in [0, 0.1) is 0 Å². The minimum absolute atomic E-state index is 0.0533. The van der Waals surface area contributed by atoms with Crippen molar-refractivity contribution in [3.63, 3.8) is 0 Å². The first-order chi connectivity index (χ1) is 13.6. The van der Waals surface area contributed by atoms with Gasteiger partial charge in [-0.1, -0.05) is 12.1 Å². The molecule has 7 heteroatoms. The fraction of sp³-hybridized carbons (Fsp3) is 0.545. The number of carbonyl (C=O) groups excluding carboxylic acids is 2. The molecule has 1 aliphatic rings. The van der Waals surface area contributed by atoms with Gasteiger partial charge in [-0.25, -0.2) is 4.79 Å². The van der Waals surface area contributed by atoms with Gasteiger partial charge in [-0.15, -0.1) is 0 Å². The zero-order chi connectivity index (χ0) is 21.4. The number of ether oxygens (including phenoxy) is 2. The van der Waals surface area contributed by atoms with E-state index in [4.69, 9.17) is 9.47 Å². The van der Waals surface area contributed by atoms with Crippen LogP contribution in [0.2, 0.25) is 0 Å². The maximum atomic E-state index is 12.2. The van der Waals surface area contributed by atoms with Gasteiger partial charge in [0.25, 0.3) is 0 Å². The van der Waals surface area contributed by atoms with E-state index in [-0.39, 0.29) is 11.9 Å². The van der Waals surface area contributed by atoms with E-state index in [9.17, 15) is 9.59 Å². The molecular weight excluding hydrogens is 370 g/mol.